The molecular formula is C24H27O2P. The van der Waals surface area contributed by atoms with Gasteiger partial charge in [-0.25, -0.2) is 0 Å². The van der Waals surface area contributed by atoms with Gasteiger partial charge in [0.15, 0.2) is 0 Å². The minimum absolute atomic E-state index is 0.0560. The molecule has 2 nitrogen and oxygen atoms in total. The van der Waals surface area contributed by atoms with Gasteiger partial charge in [0, 0.05) is 6.16 Å². The highest BCUT2D eigenvalue weighted by molar-refractivity contribution is 7.73. The third kappa shape index (κ3) is 5.17. The maximum absolute atomic E-state index is 12.5. The maximum Gasteiger partial charge on any atom is 0.316 e. The van der Waals surface area contributed by atoms with Crippen molar-refractivity contribution in [2.45, 2.75) is 20.8 Å². The van der Waals surface area contributed by atoms with E-state index in [-0.39, 0.29) is 17.3 Å². The van der Waals surface area contributed by atoms with Gasteiger partial charge < -0.3 is 4.74 Å². The molecular weight excluding hydrogens is 351 g/mol. The molecule has 140 valence electrons. The first-order valence-electron chi connectivity index (χ1n) is 9.40. The molecule has 0 aromatic heterocycles. The van der Waals surface area contributed by atoms with Gasteiger partial charge in [-0.05, 0) is 29.5 Å². The standard InChI is InChI=1S/C24H27O2P/c1-24(2,3)20-15-14-19(18-20)23(25)26-16-17-27(21-10-6-4-7-11-21)22-12-8-5-9-13-22/h4-15,18-19H,16-17H2,1-3H3. The lowest BCUT2D eigenvalue weighted by Crippen LogP contribution is -2.20. The van der Waals surface area contributed by atoms with Gasteiger partial charge >= 0.3 is 5.97 Å². The Morgan fingerprint density at radius 1 is 0.963 bits per heavy atom. The quantitative estimate of drug-likeness (QED) is 0.532. The van der Waals surface area contributed by atoms with E-state index in [1.54, 1.807) is 0 Å². The molecule has 3 heteroatoms. The van der Waals surface area contributed by atoms with Gasteiger partial charge in [0.2, 0.25) is 0 Å². The van der Waals surface area contributed by atoms with Gasteiger partial charge in [0.05, 0.1) is 12.5 Å². The van der Waals surface area contributed by atoms with Crippen LogP contribution in [0.3, 0.4) is 0 Å². The summed E-state index contributed by atoms with van der Waals surface area (Å²) >= 11 is 0. The van der Waals surface area contributed by atoms with E-state index in [1.807, 2.05) is 30.4 Å². The molecule has 2 aromatic carbocycles. The second kappa shape index (κ2) is 8.67. The summed E-state index contributed by atoms with van der Waals surface area (Å²) in [5, 5.41) is 2.62. The first kappa shape index (κ1) is 19.6. The van der Waals surface area contributed by atoms with Gasteiger partial charge in [-0.15, -0.1) is 0 Å². The Kier molecular flexibility index (Phi) is 6.29. The van der Waals surface area contributed by atoms with Crippen molar-refractivity contribution < 1.29 is 9.53 Å². The fraction of sp³-hybridized carbons (Fsp3) is 0.292. The third-order valence-electron chi connectivity index (χ3n) is 4.68. The fourth-order valence-corrected chi connectivity index (χ4v) is 5.27. The van der Waals surface area contributed by atoms with E-state index in [2.05, 4.69) is 69.3 Å². The van der Waals surface area contributed by atoms with E-state index in [0.29, 0.717) is 6.61 Å². The molecule has 0 amide bonds. The zero-order chi connectivity index (χ0) is 19.3. The lowest BCUT2D eigenvalue weighted by atomic mass is 9.87. The van der Waals surface area contributed by atoms with E-state index in [9.17, 15) is 4.79 Å². The van der Waals surface area contributed by atoms with E-state index in [1.165, 1.54) is 16.2 Å². The van der Waals surface area contributed by atoms with Crippen LogP contribution in [0, 0.1) is 11.3 Å². The van der Waals surface area contributed by atoms with Crippen LogP contribution >= 0.6 is 7.92 Å². The zero-order valence-electron chi connectivity index (χ0n) is 16.3. The summed E-state index contributed by atoms with van der Waals surface area (Å²) in [7, 11) is -0.532. The van der Waals surface area contributed by atoms with Crippen molar-refractivity contribution in [2.24, 2.45) is 11.3 Å². The molecule has 0 N–H and O–H groups in total. The number of hydrogen-bond donors (Lipinski definition) is 0. The van der Waals surface area contributed by atoms with Crippen molar-refractivity contribution in [1.29, 1.82) is 0 Å². The predicted octanol–water partition coefficient (Wildman–Crippen LogP) is 4.82. The van der Waals surface area contributed by atoms with Gasteiger partial charge in [0.25, 0.3) is 0 Å². The average Bonchev–Trinajstić information content (AvgIpc) is 3.17. The Balaban J connectivity index is 1.63. The minimum atomic E-state index is -0.532. The van der Waals surface area contributed by atoms with Crippen LogP contribution in [0.2, 0.25) is 0 Å². The van der Waals surface area contributed by atoms with E-state index in [4.69, 9.17) is 4.74 Å². The molecule has 0 aliphatic heterocycles. The number of rotatable bonds is 6. The fourth-order valence-electron chi connectivity index (χ4n) is 3.12. The van der Waals surface area contributed by atoms with Crippen molar-refractivity contribution in [3.05, 3.63) is 84.5 Å². The number of esters is 1. The van der Waals surface area contributed by atoms with Gasteiger partial charge in [-0.3, -0.25) is 4.79 Å². The molecule has 3 rings (SSSR count). The van der Waals surface area contributed by atoms with Crippen molar-refractivity contribution in [3.8, 4) is 0 Å². The lowest BCUT2D eigenvalue weighted by molar-refractivity contribution is -0.144. The number of carbonyl (C=O) groups is 1. The van der Waals surface area contributed by atoms with Gasteiger partial charge in [-0.1, -0.05) is 99.7 Å². The SMILES string of the molecule is CC(C)(C)C1=CC(C(=O)OCCP(c2ccccc2)c2ccccc2)C=C1. The average molecular weight is 378 g/mol. The number of carbonyl (C=O) groups excluding carboxylic acids is 1. The van der Waals surface area contributed by atoms with Crippen molar-refractivity contribution in [2.75, 3.05) is 12.8 Å². The molecule has 1 aliphatic carbocycles. The summed E-state index contributed by atoms with van der Waals surface area (Å²) in [6.07, 6.45) is 6.85. The van der Waals surface area contributed by atoms with Crippen LogP contribution in [0.4, 0.5) is 0 Å². The van der Waals surface area contributed by atoms with Gasteiger partial charge in [0.1, 0.15) is 0 Å². The first-order chi connectivity index (χ1) is 12.9. The Hall–Kier alpha value is -2.18. The molecule has 0 heterocycles. The van der Waals surface area contributed by atoms with Gasteiger partial charge in [-0.2, -0.15) is 0 Å². The molecule has 1 unspecified atom stereocenters. The first-order valence-corrected chi connectivity index (χ1v) is 10.9. The van der Waals surface area contributed by atoms with Crippen molar-refractivity contribution in [1.82, 2.24) is 0 Å². The minimum Gasteiger partial charge on any atom is -0.465 e. The predicted molar refractivity (Wildman–Crippen MR) is 115 cm³/mol. The number of hydrogen-bond acceptors (Lipinski definition) is 2. The van der Waals surface area contributed by atoms with E-state index < -0.39 is 7.92 Å². The number of ether oxygens (including phenoxy) is 1. The summed E-state index contributed by atoms with van der Waals surface area (Å²) in [5.41, 5.74) is 1.25. The van der Waals surface area contributed by atoms with Crippen LogP contribution in [0.1, 0.15) is 20.8 Å². The monoisotopic (exact) mass is 378 g/mol. The largest absolute Gasteiger partial charge is 0.465 e. The van der Waals surface area contributed by atoms with Crippen LogP contribution in [-0.2, 0) is 9.53 Å². The number of benzene rings is 2. The highest BCUT2D eigenvalue weighted by Gasteiger charge is 2.25. The van der Waals surface area contributed by atoms with Crippen LogP contribution in [-0.4, -0.2) is 18.7 Å². The summed E-state index contributed by atoms with van der Waals surface area (Å²) in [6.45, 7) is 6.91. The molecule has 0 spiro atoms. The second-order valence-corrected chi connectivity index (χ2v) is 10.1. The molecule has 0 fully saturated rings. The molecule has 0 bridgehead atoms. The highest BCUT2D eigenvalue weighted by Crippen LogP contribution is 2.34. The smallest absolute Gasteiger partial charge is 0.316 e. The summed E-state index contributed by atoms with van der Waals surface area (Å²) in [5.74, 6) is -0.402. The molecule has 0 saturated heterocycles. The van der Waals surface area contributed by atoms with Crippen LogP contribution < -0.4 is 10.6 Å². The number of allylic oxidation sites excluding steroid dienone is 2. The van der Waals surface area contributed by atoms with E-state index >= 15 is 0 Å². The van der Waals surface area contributed by atoms with E-state index in [0.717, 1.165) is 6.16 Å². The Morgan fingerprint density at radius 2 is 1.52 bits per heavy atom. The maximum atomic E-state index is 12.5. The molecule has 1 aliphatic rings. The third-order valence-corrected chi connectivity index (χ3v) is 7.15. The summed E-state index contributed by atoms with van der Waals surface area (Å²) in [4.78, 5) is 12.5. The molecule has 0 saturated carbocycles. The molecule has 1 atom stereocenters. The Morgan fingerprint density at radius 3 is 2.00 bits per heavy atom. The normalized spacial score (nSPS) is 16.4. The Bertz CT molecular complexity index is 777. The van der Waals surface area contributed by atoms with Crippen molar-refractivity contribution >= 4 is 24.5 Å². The Labute approximate surface area is 163 Å². The topological polar surface area (TPSA) is 26.3 Å². The molecule has 0 radical (unpaired) electrons. The van der Waals surface area contributed by atoms with Crippen LogP contribution in [0.25, 0.3) is 0 Å². The highest BCUT2D eigenvalue weighted by atomic mass is 31.1. The van der Waals surface area contributed by atoms with Crippen LogP contribution in [0.15, 0.2) is 84.5 Å². The molecule has 2 aromatic rings. The molecule has 27 heavy (non-hydrogen) atoms. The van der Waals surface area contributed by atoms with Crippen molar-refractivity contribution in [3.63, 3.8) is 0 Å². The van der Waals surface area contributed by atoms with Crippen LogP contribution in [0.5, 0.6) is 0 Å². The lowest BCUT2D eigenvalue weighted by Gasteiger charge is -2.19. The summed E-state index contributed by atoms with van der Waals surface area (Å²) in [6, 6.07) is 21.0. The second-order valence-electron chi connectivity index (χ2n) is 7.75. The summed E-state index contributed by atoms with van der Waals surface area (Å²) < 4.78 is 5.64. The zero-order valence-corrected chi connectivity index (χ0v) is 17.2.